The molecule has 0 radical (unpaired) electrons. The summed E-state index contributed by atoms with van der Waals surface area (Å²) in [7, 11) is 0. The van der Waals surface area contributed by atoms with Crippen molar-refractivity contribution in [1.29, 1.82) is 0 Å². The van der Waals surface area contributed by atoms with E-state index in [1.54, 1.807) is 0 Å². The molecule has 3 heteroatoms. The van der Waals surface area contributed by atoms with Crippen LogP contribution in [0.4, 0.5) is 0 Å². The molecule has 0 bridgehead atoms. The average molecular weight is 430 g/mol. The number of halogens is 1. The molecule has 31 heavy (non-hydrogen) atoms. The zero-order valence-corrected chi connectivity index (χ0v) is 18.6. The molecule has 0 spiro atoms. The summed E-state index contributed by atoms with van der Waals surface area (Å²) in [6, 6.07) is 31.6. The molecule has 0 saturated heterocycles. The predicted molar refractivity (Wildman–Crippen MR) is 131 cm³/mol. The SMILES string of the molecule is C[C@H](CCc1ccccc1)NCc1c(OCc2cccc(Cl)c2)ccc2ccccc12. The molecule has 0 aromatic heterocycles. The molecule has 2 nitrogen and oxygen atoms in total. The fraction of sp³-hybridized carbons (Fsp3) is 0.214. The van der Waals surface area contributed by atoms with Gasteiger partial charge in [0.1, 0.15) is 12.4 Å². The summed E-state index contributed by atoms with van der Waals surface area (Å²) in [5.41, 5.74) is 3.65. The van der Waals surface area contributed by atoms with Crippen LogP contribution in [0.15, 0.2) is 91.0 Å². The minimum absolute atomic E-state index is 0.403. The van der Waals surface area contributed by atoms with Gasteiger partial charge in [0.05, 0.1) is 0 Å². The molecule has 0 unspecified atom stereocenters. The highest BCUT2D eigenvalue weighted by molar-refractivity contribution is 6.30. The quantitative estimate of drug-likeness (QED) is 0.304. The van der Waals surface area contributed by atoms with Gasteiger partial charge < -0.3 is 10.1 Å². The summed E-state index contributed by atoms with van der Waals surface area (Å²) in [4.78, 5) is 0. The van der Waals surface area contributed by atoms with Gasteiger partial charge in [-0.15, -0.1) is 0 Å². The van der Waals surface area contributed by atoms with Crippen molar-refractivity contribution in [2.75, 3.05) is 0 Å². The van der Waals surface area contributed by atoms with Gasteiger partial charge in [0.15, 0.2) is 0 Å². The Labute approximate surface area is 189 Å². The van der Waals surface area contributed by atoms with Crippen LogP contribution in [0.1, 0.15) is 30.0 Å². The number of aryl methyl sites for hydroxylation is 1. The van der Waals surface area contributed by atoms with Crippen molar-refractivity contribution in [3.8, 4) is 5.75 Å². The Morgan fingerprint density at radius 2 is 1.61 bits per heavy atom. The van der Waals surface area contributed by atoms with Gasteiger partial charge in [-0.2, -0.15) is 0 Å². The number of nitrogens with one attached hydrogen (secondary N) is 1. The molecule has 4 aromatic carbocycles. The standard InChI is InChI=1S/C28H28ClNO/c1-21(14-15-22-8-3-2-4-9-22)30-19-27-26-13-6-5-11-24(26)16-17-28(27)31-20-23-10-7-12-25(29)18-23/h2-13,16-18,21,30H,14-15,19-20H2,1H3/t21-/m1/s1. The first-order chi connectivity index (χ1) is 15.2. The van der Waals surface area contributed by atoms with Crippen LogP contribution in [0.3, 0.4) is 0 Å². The van der Waals surface area contributed by atoms with E-state index in [4.69, 9.17) is 16.3 Å². The van der Waals surface area contributed by atoms with Gasteiger partial charge in [-0.05, 0) is 59.9 Å². The summed E-state index contributed by atoms with van der Waals surface area (Å²) in [5.74, 6) is 0.918. The number of fused-ring (bicyclic) bond motifs is 1. The third kappa shape index (κ3) is 5.88. The van der Waals surface area contributed by atoms with Gasteiger partial charge in [0.25, 0.3) is 0 Å². The lowest BCUT2D eigenvalue weighted by molar-refractivity contribution is 0.302. The van der Waals surface area contributed by atoms with Gasteiger partial charge in [-0.3, -0.25) is 0 Å². The molecule has 1 N–H and O–H groups in total. The van der Waals surface area contributed by atoms with E-state index in [1.165, 1.54) is 21.9 Å². The maximum absolute atomic E-state index is 6.25. The highest BCUT2D eigenvalue weighted by Gasteiger charge is 2.11. The Hall–Kier alpha value is -2.81. The normalized spacial score (nSPS) is 12.1. The average Bonchev–Trinajstić information content (AvgIpc) is 2.81. The molecule has 0 fully saturated rings. The second-order valence-corrected chi connectivity index (χ2v) is 8.42. The van der Waals surface area contributed by atoms with Crippen LogP contribution in [-0.4, -0.2) is 6.04 Å². The van der Waals surface area contributed by atoms with Crippen LogP contribution >= 0.6 is 11.6 Å². The second-order valence-electron chi connectivity index (χ2n) is 7.99. The minimum atomic E-state index is 0.403. The van der Waals surface area contributed by atoms with E-state index in [2.05, 4.69) is 79.0 Å². The maximum atomic E-state index is 6.25. The molecule has 0 heterocycles. The zero-order valence-electron chi connectivity index (χ0n) is 17.9. The van der Waals surface area contributed by atoms with Crippen LogP contribution in [0, 0.1) is 0 Å². The highest BCUT2D eigenvalue weighted by Crippen LogP contribution is 2.29. The Morgan fingerprint density at radius 3 is 2.45 bits per heavy atom. The van der Waals surface area contributed by atoms with Crippen LogP contribution in [-0.2, 0) is 19.6 Å². The molecule has 0 aliphatic heterocycles. The molecular weight excluding hydrogens is 402 g/mol. The summed E-state index contributed by atoms with van der Waals surface area (Å²) in [6.45, 7) is 3.51. The van der Waals surface area contributed by atoms with E-state index >= 15 is 0 Å². The number of hydrogen-bond donors (Lipinski definition) is 1. The number of hydrogen-bond acceptors (Lipinski definition) is 2. The Morgan fingerprint density at radius 1 is 0.839 bits per heavy atom. The Bertz CT molecular complexity index is 1130. The largest absolute Gasteiger partial charge is 0.489 e. The summed E-state index contributed by atoms with van der Waals surface area (Å²) < 4.78 is 6.25. The smallest absolute Gasteiger partial charge is 0.124 e. The van der Waals surface area contributed by atoms with Gasteiger partial charge in [-0.1, -0.05) is 84.4 Å². The topological polar surface area (TPSA) is 21.3 Å². The molecule has 0 amide bonds. The van der Waals surface area contributed by atoms with E-state index in [9.17, 15) is 0 Å². The van der Waals surface area contributed by atoms with E-state index in [1.807, 2.05) is 24.3 Å². The van der Waals surface area contributed by atoms with Crippen molar-refractivity contribution in [3.05, 3.63) is 113 Å². The van der Waals surface area contributed by atoms with Crippen LogP contribution < -0.4 is 10.1 Å². The van der Waals surface area contributed by atoms with Crippen molar-refractivity contribution >= 4 is 22.4 Å². The van der Waals surface area contributed by atoms with Crippen molar-refractivity contribution < 1.29 is 4.74 Å². The number of benzene rings is 4. The Balaban J connectivity index is 1.47. The van der Waals surface area contributed by atoms with Crippen molar-refractivity contribution in [1.82, 2.24) is 5.32 Å². The Kier molecular flexibility index (Phi) is 7.24. The molecular formula is C28H28ClNO. The zero-order chi connectivity index (χ0) is 21.5. The van der Waals surface area contributed by atoms with Crippen molar-refractivity contribution in [2.24, 2.45) is 0 Å². The monoisotopic (exact) mass is 429 g/mol. The van der Waals surface area contributed by atoms with Crippen molar-refractivity contribution in [2.45, 2.75) is 39.0 Å². The summed E-state index contributed by atoms with van der Waals surface area (Å²) in [6.07, 6.45) is 2.16. The lowest BCUT2D eigenvalue weighted by Gasteiger charge is -2.18. The first-order valence-corrected chi connectivity index (χ1v) is 11.2. The highest BCUT2D eigenvalue weighted by atomic mass is 35.5. The fourth-order valence-corrected chi connectivity index (χ4v) is 4.04. The van der Waals surface area contributed by atoms with Gasteiger partial charge in [0, 0.05) is 23.2 Å². The van der Waals surface area contributed by atoms with E-state index in [0.29, 0.717) is 12.6 Å². The van der Waals surface area contributed by atoms with Crippen LogP contribution in [0.2, 0.25) is 5.02 Å². The summed E-state index contributed by atoms with van der Waals surface area (Å²) in [5, 5.41) is 6.90. The number of rotatable bonds is 9. The minimum Gasteiger partial charge on any atom is -0.489 e. The predicted octanol–water partition coefficient (Wildman–Crippen LogP) is 7.18. The number of ether oxygens (including phenoxy) is 1. The second kappa shape index (κ2) is 10.5. The van der Waals surface area contributed by atoms with Gasteiger partial charge in [0.2, 0.25) is 0 Å². The molecule has 0 aliphatic rings. The van der Waals surface area contributed by atoms with E-state index in [0.717, 1.165) is 35.7 Å². The van der Waals surface area contributed by atoms with Crippen molar-refractivity contribution in [3.63, 3.8) is 0 Å². The third-order valence-corrected chi connectivity index (χ3v) is 5.85. The lowest BCUT2D eigenvalue weighted by atomic mass is 10.0. The third-order valence-electron chi connectivity index (χ3n) is 5.62. The van der Waals surface area contributed by atoms with Gasteiger partial charge >= 0.3 is 0 Å². The fourth-order valence-electron chi connectivity index (χ4n) is 3.83. The molecule has 4 aromatic rings. The van der Waals surface area contributed by atoms with Crippen LogP contribution in [0.25, 0.3) is 10.8 Å². The van der Waals surface area contributed by atoms with E-state index < -0.39 is 0 Å². The molecule has 0 aliphatic carbocycles. The van der Waals surface area contributed by atoms with Gasteiger partial charge in [-0.25, -0.2) is 0 Å². The first-order valence-electron chi connectivity index (χ1n) is 10.8. The maximum Gasteiger partial charge on any atom is 0.124 e. The first kappa shape index (κ1) is 21.4. The molecule has 1 atom stereocenters. The van der Waals surface area contributed by atoms with Crippen LogP contribution in [0.5, 0.6) is 5.75 Å². The van der Waals surface area contributed by atoms with E-state index in [-0.39, 0.29) is 0 Å². The summed E-state index contributed by atoms with van der Waals surface area (Å²) >= 11 is 6.13. The lowest BCUT2D eigenvalue weighted by Crippen LogP contribution is -2.26. The molecule has 0 saturated carbocycles. The molecule has 4 rings (SSSR count). The molecule has 158 valence electrons.